The summed E-state index contributed by atoms with van der Waals surface area (Å²) < 4.78 is 5.38. The van der Waals surface area contributed by atoms with E-state index < -0.39 is 0 Å². The minimum Gasteiger partial charge on any atom is -0.469 e. The molecular formula is C15H22N2OS. The molecular weight excluding hydrogens is 256 g/mol. The van der Waals surface area contributed by atoms with Crippen molar-refractivity contribution < 1.29 is 4.42 Å². The highest BCUT2D eigenvalue weighted by Crippen LogP contribution is 2.43. The Morgan fingerprint density at radius 3 is 2.95 bits per heavy atom. The standard InChI is InChI=1S/C15H22N2OS/c1-12(9-13-5-4-8-18-13)17-14-16-10-15(11-19-14)6-2-3-7-15/h4-5,8,12H,2-3,6-7,9-11H2,1H3,(H,16,17). The van der Waals surface area contributed by atoms with Crippen LogP contribution in [0.3, 0.4) is 0 Å². The van der Waals surface area contributed by atoms with Crippen molar-refractivity contribution in [3.8, 4) is 0 Å². The Balaban J connectivity index is 1.52. The summed E-state index contributed by atoms with van der Waals surface area (Å²) in [5, 5.41) is 4.64. The second-order valence-electron chi connectivity index (χ2n) is 5.95. The van der Waals surface area contributed by atoms with Crippen molar-refractivity contribution in [3.05, 3.63) is 24.2 Å². The number of amidine groups is 1. The van der Waals surface area contributed by atoms with E-state index in [1.54, 1.807) is 6.26 Å². The third-order valence-corrected chi connectivity index (χ3v) is 5.47. The van der Waals surface area contributed by atoms with E-state index in [1.807, 2.05) is 23.9 Å². The first-order valence-electron chi connectivity index (χ1n) is 7.22. The van der Waals surface area contributed by atoms with Crippen molar-refractivity contribution in [3.63, 3.8) is 0 Å². The predicted molar refractivity (Wildman–Crippen MR) is 80.7 cm³/mol. The van der Waals surface area contributed by atoms with Crippen LogP contribution in [0.1, 0.15) is 38.4 Å². The van der Waals surface area contributed by atoms with Crippen molar-refractivity contribution in [2.75, 3.05) is 12.3 Å². The van der Waals surface area contributed by atoms with Gasteiger partial charge in [0, 0.05) is 24.8 Å². The van der Waals surface area contributed by atoms with Gasteiger partial charge in [-0.25, -0.2) is 0 Å². The molecule has 1 N–H and O–H groups in total. The van der Waals surface area contributed by atoms with E-state index in [2.05, 4.69) is 12.2 Å². The molecule has 19 heavy (non-hydrogen) atoms. The van der Waals surface area contributed by atoms with Crippen LogP contribution in [0, 0.1) is 5.41 Å². The van der Waals surface area contributed by atoms with Crippen LogP contribution in [0.2, 0.25) is 0 Å². The largest absolute Gasteiger partial charge is 0.469 e. The molecule has 2 aliphatic rings. The van der Waals surface area contributed by atoms with E-state index in [4.69, 9.17) is 9.41 Å². The van der Waals surface area contributed by atoms with Crippen LogP contribution in [-0.4, -0.2) is 23.5 Å². The number of rotatable bonds is 3. The van der Waals surface area contributed by atoms with E-state index >= 15 is 0 Å². The van der Waals surface area contributed by atoms with Gasteiger partial charge in [-0.1, -0.05) is 24.6 Å². The normalized spacial score (nSPS) is 23.3. The Labute approximate surface area is 119 Å². The highest BCUT2D eigenvalue weighted by molar-refractivity contribution is 8.13. The minimum atomic E-state index is 0.370. The summed E-state index contributed by atoms with van der Waals surface area (Å²) in [6.45, 7) is 3.21. The fraction of sp³-hybridized carbons (Fsp3) is 0.667. The van der Waals surface area contributed by atoms with E-state index in [9.17, 15) is 0 Å². The molecule has 2 heterocycles. The lowest BCUT2D eigenvalue weighted by Crippen LogP contribution is -2.38. The molecule has 0 radical (unpaired) electrons. The zero-order valence-corrected chi connectivity index (χ0v) is 12.3. The molecule has 1 fully saturated rings. The molecule has 3 rings (SSSR count). The number of nitrogens with zero attached hydrogens (tertiary/aromatic N) is 1. The van der Waals surface area contributed by atoms with Crippen LogP contribution in [0.4, 0.5) is 0 Å². The number of aliphatic imine (C=N–C) groups is 1. The SMILES string of the molecule is CC(Cc1ccco1)NC1=NCC2(CCCC2)CS1. The molecule has 1 saturated carbocycles. The lowest BCUT2D eigenvalue weighted by Gasteiger charge is -2.31. The van der Waals surface area contributed by atoms with E-state index in [0.717, 1.165) is 23.9 Å². The Morgan fingerprint density at radius 2 is 2.32 bits per heavy atom. The molecule has 104 valence electrons. The molecule has 0 amide bonds. The second kappa shape index (κ2) is 5.61. The van der Waals surface area contributed by atoms with Gasteiger partial charge in [-0.2, -0.15) is 0 Å². The van der Waals surface area contributed by atoms with Crippen LogP contribution in [0.25, 0.3) is 0 Å². The van der Waals surface area contributed by atoms with E-state index in [1.165, 1.54) is 31.4 Å². The van der Waals surface area contributed by atoms with Gasteiger partial charge in [-0.05, 0) is 37.3 Å². The molecule has 4 heteroatoms. The summed E-state index contributed by atoms with van der Waals surface area (Å²) >= 11 is 1.91. The van der Waals surface area contributed by atoms with Crippen molar-refractivity contribution in [2.45, 2.75) is 45.1 Å². The Kier molecular flexibility index (Phi) is 3.87. The van der Waals surface area contributed by atoms with E-state index in [0.29, 0.717) is 11.5 Å². The molecule has 1 aromatic rings. The van der Waals surface area contributed by atoms with Crippen molar-refractivity contribution >= 4 is 16.9 Å². The van der Waals surface area contributed by atoms with Crippen LogP contribution < -0.4 is 5.32 Å². The summed E-state index contributed by atoms with van der Waals surface area (Å²) in [6.07, 6.45) is 8.19. The Bertz CT molecular complexity index is 435. The number of thioether (sulfide) groups is 1. The third-order valence-electron chi connectivity index (χ3n) is 4.19. The summed E-state index contributed by atoms with van der Waals surface area (Å²) in [6, 6.07) is 4.34. The van der Waals surface area contributed by atoms with Crippen LogP contribution in [-0.2, 0) is 6.42 Å². The van der Waals surface area contributed by atoms with E-state index in [-0.39, 0.29) is 0 Å². The fourth-order valence-electron chi connectivity index (χ4n) is 3.06. The smallest absolute Gasteiger partial charge is 0.156 e. The maximum Gasteiger partial charge on any atom is 0.156 e. The summed E-state index contributed by atoms with van der Waals surface area (Å²) in [4.78, 5) is 4.77. The second-order valence-corrected chi connectivity index (χ2v) is 6.91. The average molecular weight is 278 g/mol. The van der Waals surface area contributed by atoms with Gasteiger partial charge in [0.25, 0.3) is 0 Å². The fourth-order valence-corrected chi connectivity index (χ4v) is 4.32. The van der Waals surface area contributed by atoms with Gasteiger partial charge in [0.15, 0.2) is 5.17 Å². The number of furan rings is 1. The lowest BCUT2D eigenvalue weighted by atomic mass is 9.89. The van der Waals surface area contributed by atoms with Gasteiger partial charge >= 0.3 is 0 Å². The topological polar surface area (TPSA) is 37.5 Å². The highest BCUT2D eigenvalue weighted by Gasteiger charge is 2.36. The van der Waals surface area contributed by atoms with Crippen LogP contribution >= 0.6 is 11.8 Å². The van der Waals surface area contributed by atoms with Gasteiger partial charge in [0.05, 0.1) is 6.26 Å². The molecule has 0 bridgehead atoms. The predicted octanol–water partition coefficient (Wildman–Crippen LogP) is 3.46. The van der Waals surface area contributed by atoms with Gasteiger partial charge in [0.1, 0.15) is 5.76 Å². The number of nitrogens with one attached hydrogen (secondary N) is 1. The average Bonchev–Trinajstić information content (AvgIpc) is 3.05. The lowest BCUT2D eigenvalue weighted by molar-refractivity contribution is 0.358. The first-order chi connectivity index (χ1) is 9.26. The van der Waals surface area contributed by atoms with Crippen LogP contribution in [0.5, 0.6) is 0 Å². The molecule has 1 aliphatic heterocycles. The first kappa shape index (κ1) is 13.1. The van der Waals surface area contributed by atoms with Gasteiger partial charge in [0.2, 0.25) is 0 Å². The molecule has 1 aromatic heterocycles. The zero-order valence-electron chi connectivity index (χ0n) is 11.5. The summed E-state index contributed by atoms with van der Waals surface area (Å²) in [7, 11) is 0. The third kappa shape index (κ3) is 3.16. The maximum atomic E-state index is 5.38. The Hall–Kier alpha value is -0.900. The minimum absolute atomic E-state index is 0.370. The number of hydrogen-bond acceptors (Lipinski definition) is 4. The molecule has 0 aromatic carbocycles. The molecule has 1 unspecified atom stereocenters. The monoisotopic (exact) mass is 278 g/mol. The Morgan fingerprint density at radius 1 is 1.47 bits per heavy atom. The molecule has 3 nitrogen and oxygen atoms in total. The van der Waals surface area contributed by atoms with Crippen LogP contribution in [0.15, 0.2) is 27.8 Å². The molecule has 1 spiro atoms. The maximum absolute atomic E-state index is 5.38. The highest BCUT2D eigenvalue weighted by atomic mass is 32.2. The van der Waals surface area contributed by atoms with Gasteiger partial charge in [-0.15, -0.1) is 0 Å². The zero-order chi connectivity index (χ0) is 13.1. The molecule has 1 aliphatic carbocycles. The van der Waals surface area contributed by atoms with Crippen molar-refractivity contribution in [1.82, 2.24) is 5.32 Å². The molecule has 0 saturated heterocycles. The van der Waals surface area contributed by atoms with Crippen molar-refractivity contribution in [2.24, 2.45) is 10.4 Å². The quantitative estimate of drug-likeness (QED) is 0.920. The summed E-state index contributed by atoms with van der Waals surface area (Å²) in [5.41, 5.74) is 0.528. The summed E-state index contributed by atoms with van der Waals surface area (Å²) in [5.74, 6) is 2.28. The molecule has 1 atom stereocenters. The first-order valence-corrected chi connectivity index (χ1v) is 8.21. The number of hydrogen-bond donors (Lipinski definition) is 1. The van der Waals surface area contributed by atoms with Crippen molar-refractivity contribution in [1.29, 1.82) is 0 Å². The van der Waals surface area contributed by atoms with Gasteiger partial charge < -0.3 is 9.73 Å². The van der Waals surface area contributed by atoms with Gasteiger partial charge in [-0.3, -0.25) is 4.99 Å².